The number of fused-ring (bicyclic) bond motifs is 1. The predicted molar refractivity (Wildman–Crippen MR) is 94.0 cm³/mol. The number of thiophene rings is 1. The van der Waals surface area contributed by atoms with Gasteiger partial charge in [0.1, 0.15) is 4.88 Å². The van der Waals surface area contributed by atoms with Gasteiger partial charge in [-0.15, -0.1) is 11.3 Å². The minimum Gasteiger partial charge on any atom is -0.351 e. The van der Waals surface area contributed by atoms with Gasteiger partial charge in [-0.05, 0) is 17.5 Å². The van der Waals surface area contributed by atoms with Crippen molar-refractivity contribution in [3.05, 3.63) is 70.1 Å². The second kappa shape index (κ2) is 6.51. The summed E-state index contributed by atoms with van der Waals surface area (Å²) in [5.74, 6) is 0.160. The van der Waals surface area contributed by atoms with Crippen molar-refractivity contribution < 1.29 is 4.79 Å². The molecule has 0 spiro atoms. The molecule has 22 heavy (non-hydrogen) atoms. The maximum absolute atomic E-state index is 12.4. The van der Waals surface area contributed by atoms with Crippen LogP contribution in [0.3, 0.4) is 0 Å². The molecular formula is C18H16ClNOS. The number of benzene rings is 2. The fourth-order valence-electron chi connectivity index (χ4n) is 2.39. The zero-order chi connectivity index (χ0) is 15.5. The Labute approximate surface area is 138 Å². The zero-order valence-electron chi connectivity index (χ0n) is 12.2. The molecule has 3 aromatic rings. The maximum atomic E-state index is 12.4. The molecule has 0 saturated carbocycles. The number of hydrogen-bond donors (Lipinski definition) is 1. The van der Waals surface area contributed by atoms with Crippen LogP contribution in [0.5, 0.6) is 0 Å². The number of carbonyl (C=O) groups is 1. The first-order valence-corrected chi connectivity index (χ1v) is 8.36. The van der Waals surface area contributed by atoms with Gasteiger partial charge in [-0.3, -0.25) is 4.79 Å². The lowest BCUT2D eigenvalue weighted by molar-refractivity contribution is 0.0956. The normalized spacial score (nSPS) is 12.3. The molecular weight excluding hydrogens is 314 g/mol. The van der Waals surface area contributed by atoms with E-state index in [4.69, 9.17) is 11.6 Å². The van der Waals surface area contributed by atoms with Crippen molar-refractivity contribution in [3.63, 3.8) is 0 Å². The second-order valence-corrected chi connectivity index (χ2v) is 6.69. The fraction of sp³-hybridized carbons (Fsp3) is 0.167. The Morgan fingerprint density at radius 3 is 2.55 bits per heavy atom. The van der Waals surface area contributed by atoms with Crippen molar-refractivity contribution in [2.45, 2.75) is 12.8 Å². The summed E-state index contributed by atoms with van der Waals surface area (Å²) in [5, 5.41) is 4.47. The molecule has 3 rings (SSSR count). The average Bonchev–Trinajstić information content (AvgIpc) is 2.90. The van der Waals surface area contributed by atoms with Crippen LogP contribution in [0.25, 0.3) is 10.1 Å². The van der Waals surface area contributed by atoms with E-state index in [2.05, 4.69) is 24.4 Å². The summed E-state index contributed by atoms with van der Waals surface area (Å²) in [7, 11) is 0. The van der Waals surface area contributed by atoms with E-state index in [0.717, 1.165) is 10.1 Å². The zero-order valence-corrected chi connectivity index (χ0v) is 13.7. The summed E-state index contributed by atoms with van der Waals surface area (Å²) in [6.07, 6.45) is 0. The molecule has 0 saturated heterocycles. The van der Waals surface area contributed by atoms with Crippen LogP contribution < -0.4 is 5.32 Å². The highest BCUT2D eigenvalue weighted by atomic mass is 35.5. The number of halogens is 1. The summed E-state index contributed by atoms with van der Waals surface area (Å²) in [6, 6.07) is 18.0. The SMILES string of the molecule is C[C@H](CNC(=O)c1sc2ccccc2c1Cl)c1ccccc1. The maximum Gasteiger partial charge on any atom is 0.262 e. The second-order valence-electron chi connectivity index (χ2n) is 5.26. The van der Waals surface area contributed by atoms with E-state index >= 15 is 0 Å². The minimum absolute atomic E-state index is 0.103. The predicted octanol–water partition coefficient (Wildman–Crippen LogP) is 5.09. The lowest BCUT2D eigenvalue weighted by Crippen LogP contribution is -2.27. The highest BCUT2D eigenvalue weighted by Crippen LogP contribution is 2.35. The molecule has 0 unspecified atom stereocenters. The third kappa shape index (κ3) is 3.01. The van der Waals surface area contributed by atoms with Crippen LogP contribution in [0.15, 0.2) is 54.6 Å². The Bertz CT molecular complexity index is 797. The third-order valence-electron chi connectivity index (χ3n) is 3.68. The van der Waals surface area contributed by atoms with E-state index in [0.29, 0.717) is 16.4 Å². The van der Waals surface area contributed by atoms with Gasteiger partial charge in [0.2, 0.25) is 0 Å². The lowest BCUT2D eigenvalue weighted by Gasteiger charge is -2.12. The number of carbonyl (C=O) groups excluding carboxylic acids is 1. The topological polar surface area (TPSA) is 29.1 Å². The Balaban J connectivity index is 1.72. The summed E-state index contributed by atoms with van der Waals surface area (Å²) in [5.41, 5.74) is 1.21. The minimum atomic E-state index is -0.103. The number of amides is 1. The van der Waals surface area contributed by atoms with Crippen LogP contribution in [0.4, 0.5) is 0 Å². The van der Waals surface area contributed by atoms with Crippen molar-refractivity contribution in [1.29, 1.82) is 0 Å². The average molecular weight is 330 g/mol. The molecule has 1 atom stereocenters. The molecule has 0 aliphatic rings. The smallest absolute Gasteiger partial charge is 0.262 e. The van der Waals surface area contributed by atoms with Crippen molar-refractivity contribution in [1.82, 2.24) is 5.32 Å². The molecule has 0 fully saturated rings. The van der Waals surface area contributed by atoms with E-state index in [1.165, 1.54) is 16.9 Å². The number of rotatable bonds is 4. The van der Waals surface area contributed by atoms with Crippen molar-refractivity contribution in [2.24, 2.45) is 0 Å². The molecule has 0 aliphatic carbocycles. The molecule has 2 aromatic carbocycles. The van der Waals surface area contributed by atoms with Gasteiger partial charge in [0.25, 0.3) is 5.91 Å². The van der Waals surface area contributed by atoms with E-state index < -0.39 is 0 Å². The first-order chi connectivity index (χ1) is 10.7. The van der Waals surface area contributed by atoms with Crippen LogP contribution in [0, 0.1) is 0 Å². The molecule has 112 valence electrons. The van der Waals surface area contributed by atoms with Gasteiger partial charge in [0, 0.05) is 16.6 Å². The quantitative estimate of drug-likeness (QED) is 0.709. The summed E-state index contributed by atoms with van der Waals surface area (Å²) in [4.78, 5) is 13.0. The molecule has 1 aromatic heterocycles. The largest absolute Gasteiger partial charge is 0.351 e. The summed E-state index contributed by atoms with van der Waals surface area (Å²) in [6.45, 7) is 2.69. The van der Waals surface area contributed by atoms with E-state index in [1.807, 2.05) is 42.5 Å². The summed E-state index contributed by atoms with van der Waals surface area (Å²) < 4.78 is 1.04. The van der Waals surface area contributed by atoms with Crippen molar-refractivity contribution >= 4 is 38.9 Å². The molecule has 0 radical (unpaired) electrons. The van der Waals surface area contributed by atoms with E-state index in [9.17, 15) is 4.79 Å². The van der Waals surface area contributed by atoms with Gasteiger partial charge >= 0.3 is 0 Å². The van der Waals surface area contributed by atoms with Crippen LogP contribution in [-0.2, 0) is 0 Å². The third-order valence-corrected chi connectivity index (χ3v) is 5.35. The van der Waals surface area contributed by atoms with Crippen LogP contribution in [0.1, 0.15) is 28.1 Å². The fourth-order valence-corrected chi connectivity index (χ4v) is 3.82. The highest BCUT2D eigenvalue weighted by molar-refractivity contribution is 7.21. The molecule has 0 aliphatic heterocycles. The summed E-state index contributed by atoms with van der Waals surface area (Å²) >= 11 is 7.77. The first-order valence-electron chi connectivity index (χ1n) is 7.17. The van der Waals surface area contributed by atoms with E-state index in [-0.39, 0.29) is 11.8 Å². The van der Waals surface area contributed by atoms with Crippen LogP contribution in [-0.4, -0.2) is 12.5 Å². The Hall–Kier alpha value is -1.84. The molecule has 1 N–H and O–H groups in total. The number of hydrogen-bond acceptors (Lipinski definition) is 2. The monoisotopic (exact) mass is 329 g/mol. The molecule has 4 heteroatoms. The van der Waals surface area contributed by atoms with E-state index in [1.54, 1.807) is 0 Å². The van der Waals surface area contributed by atoms with Crippen molar-refractivity contribution in [3.8, 4) is 0 Å². The molecule has 2 nitrogen and oxygen atoms in total. The molecule has 1 amide bonds. The molecule has 1 heterocycles. The van der Waals surface area contributed by atoms with Gasteiger partial charge in [-0.1, -0.05) is 67.1 Å². The lowest BCUT2D eigenvalue weighted by atomic mass is 10.0. The first kappa shape index (κ1) is 15.1. The highest BCUT2D eigenvalue weighted by Gasteiger charge is 2.17. The van der Waals surface area contributed by atoms with Gasteiger partial charge in [0.05, 0.1) is 5.02 Å². The van der Waals surface area contributed by atoms with Gasteiger partial charge in [-0.2, -0.15) is 0 Å². The van der Waals surface area contributed by atoms with Gasteiger partial charge in [0.15, 0.2) is 0 Å². The Morgan fingerprint density at radius 1 is 1.14 bits per heavy atom. The van der Waals surface area contributed by atoms with Crippen molar-refractivity contribution in [2.75, 3.05) is 6.54 Å². The van der Waals surface area contributed by atoms with Crippen LogP contribution >= 0.6 is 22.9 Å². The molecule has 0 bridgehead atoms. The van der Waals surface area contributed by atoms with Gasteiger partial charge < -0.3 is 5.32 Å². The Morgan fingerprint density at radius 2 is 1.82 bits per heavy atom. The van der Waals surface area contributed by atoms with Gasteiger partial charge in [-0.25, -0.2) is 0 Å². The number of nitrogens with one attached hydrogen (secondary N) is 1. The van der Waals surface area contributed by atoms with Crippen LogP contribution in [0.2, 0.25) is 5.02 Å². The standard InChI is InChI=1S/C18H16ClNOS/c1-12(13-7-3-2-4-8-13)11-20-18(21)17-16(19)14-9-5-6-10-15(14)22-17/h2-10,12H,11H2,1H3,(H,20,21)/t12-/m1/s1. The Kier molecular flexibility index (Phi) is 4.46.